The highest BCUT2D eigenvalue weighted by atomic mass is 16.2. The number of anilines is 2. The van der Waals surface area contributed by atoms with Crippen molar-refractivity contribution in [1.82, 2.24) is 0 Å². The van der Waals surface area contributed by atoms with E-state index in [0.29, 0.717) is 5.56 Å². The van der Waals surface area contributed by atoms with Crippen LogP contribution in [-0.2, 0) is 10.2 Å². The van der Waals surface area contributed by atoms with E-state index in [1.165, 1.54) is 0 Å². The molecule has 0 aromatic heterocycles. The maximum absolute atomic E-state index is 13.5. The normalized spacial score (nSPS) is 18.7. The first-order chi connectivity index (χ1) is 12.2. The summed E-state index contributed by atoms with van der Waals surface area (Å²) >= 11 is 0. The molecule has 0 N–H and O–H groups in total. The average molecular weight is 324 g/mol. The van der Waals surface area contributed by atoms with Crippen LogP contribution in [0.2, 0.25) is 0 Å². The monoisotopic (exact) mass is 324 g/mol. The van der Waals surface area contributed by atoms with Crippen LogP contribution in [0.25, 0.3) is 0 Å². The SMILES string of the molecule is C[C@]1(c2ccc(C#N)cc2)C(=O)N(c2ccccc2)c2ccccc21. The molecule has 0 radical (unpaired) electrons. The summed E-state index contributed by atoms with van der Waals surface area (Å²) < 4.78 is 0. The molecular weight excluding hydrogens is 308 g/mol. The lowest BCUT2D eigenvalue weighted by Gasteiger charge is -2.25. The van der Waals surface area contributed by atoms with Crippen molar-refractivity contribution in [3.8, 4) is 6.07 Å². The van der Waals surface area contributed by atoms with Crippen molar-refractivity contribution in [3.05, 3.63) is 95.6 Å². The number of nitriles is 1. The second-order valence-electron chi connectivity index (χ2n) is 6.31. The molecule has 0 saturated carbocycles. The predicted molar refractivity (Wildman–Crippen MR) is 97.6 cm³/mol. The smallest absolute Gasteiger partial charge is 0.246 e. The summed E-state index contributed by atoms with van der Waals surface area (Å²) in [4.78, 5) is 15.3. The molecule has 3 aromatic carbocycles. The summed E-state index contributed by atoms with van der Waals surface area (Å²) in [6.07, 6.45) is 0. The Kier molecular flexibility index (Phi) is 3.40. The molecule has 0 unspecified atom stereocenters. The first-order valence-electron chi connectivity index (χ1n) is 8.16. The van der Waals surface area contributed by atoms with Crippen LogP contribution in [0.1, 0.15) is 23.6 Å². The molecule has 0 aliphatic carbocycles. The van der Waals surface area contributed by atoms with E-state index in [9.17, 15) is 4.79 Å². The number of para-hydroxylation sites is 2. The van der Waals surface area contributed by atoms with E-state index in [-0.39, 0.29) is 5.91 Å². The molecular formula is C22H16N2O. The zero-order valence-corrected chi connectivity index (χ0v) is 13.8. The summed E-state index contributed by atoms with van der Waals surface area (Å²) in [5.41, 5.74) is 3.45. The maximum atomic E-state index is 13.5. The van der Waals surface area contributed by atoms with Crippen LogP contribution in [0.5, 0.6) is 0 Å². The summed E-state index contributed by atoms with van der Waals surface area (Å²) in [6, 6.07) is 27.0. The third kappa shape index (κ3) is 2.15. The quantitative estimate of drug-likeness (QED) is 0.694. The largest absolute Gasteiger partial charge is 0.280 e. The molecule has 1 aliphatic heterocycles. The molecule has 1 aliphatic rings. The van der Waals surface area contributed by atoms with Gasteiger partial charge in [0.25, 0.3) is 0 Å². The van der Waals surface area contributed by atoms with Gasteiger partial charge < -0.3 is 0 Å². The summed E-state index contributed by atoms with van der Waals surface area (Å²) in [6.45, 7) is 1.96. The standard InChI is InChI=1S/C22H16N2O/c1-22(17-13-11-16(15-23)12-14-17)19-9-5-6-10-20(19)24(21(22)25)18-7-3-2-4-8-18/h2-14H,1H3/t22-/m1/s1. The zero-order chi connectivity index (χ0) is 17.4. The van der Waals surface area contributed by atoms with E-state index in [4.69, 9.17) is 5.26 Å². The Hall–Kier alpha value is -3.38. The number of hydrogen-bond donors (Lipinski definition) is 0. The van der Waals surface area contributed by atoms with Crippen LogP contribution in [0.3, 0.4) is 0 Å². The highest BCUT2D eigenvalue weighted by Gasteiger charge is 2.48. The number of carbonyl (C=O) groups is 1. The van der Waals surface area contributed by atoms with Gasteiger partial charge in [-0.25, -0.2) is 0 Å². The van der Waals surface area contributed by atoms with Crippen molar-refractivity contribution in [1.29, 1.82) is 5.26 Å². The highest BCUT2D eigenvalue weighted by molar-refractivity contribution is 6.14. The Morgan fingerprint density at radius 2 is 1.52 bits per heavy atom. The van der Waals surface area contributed by atoms with E-state index in [1.54, 1.807) is 17.0 Å². The van der Waals surface area contributed by atoms with Crippen molar-refractivity contribution in [2.45, 2.75) is 12.3 Å². The van der Waals surface area contributed by atoms with Gasteiger partial charge in [0.05, 0.1) is 22.7 Å². The second kappa shape index (κ2) is 5.61. The lowest BCUT2D eigenvalue weighted by Crippen LogP contribution is -2.36. The summed E-state index contributed by atoms with van der Waals surface area (Å²) in [7, 11) is 0. The highest BCUT2D eigenvalue weighted by Crippen LogP contribution is 2.48. The first kappa shape index (κ1) is 15.2. The molecule has 0 saturated heterocycles. The number of carbonyl (C=O) groups excluding carboxylic acids is 1. The van der Waals surface area contributed by atoms with Gasteiger partial charge in [-0.15, -0.1) is 0 Å². The fourth-order valence-electron chi connectivity index (χ4n) is 3.53. The Labute approximate surface area is 146 Å². The fraction of sp³-hybridized carbons (Fsp3) is 0.0909. The van der Waals surface area contributed by atoms with Gasteiger partial charge in [0.15, 0.2) is 0 Å². The summed E-state index contributed by atoms with van der Waals surface area (Å²) in [5.74, 6) is 0.0182. The van der Waals surface area contributed by atoms with Gasteiger partial charge in [-0.1, -0.05) is 48.5 Å². The Bertz CT molecular complexity index is 987. The van der Waals surface area contributed by atoms with E-state index in [0.717, 1.165) is 22.5 Å². The molecule has 1 atom stereocenters. The third-order valence-corrected chi connectivity index (χ3v) is 4.92. The number of amides is 1. The number of rotatable bonds is 2. The van der Waals surface area contributed by atoms with E-state index >= 15 is 0 Å². The van der Waals surface area contributed by atoms with Crippen LogP contribution in [0.15, 0.2) is 78.9 Å². The average Bonchev–Trinajstić information content (AvgIpc) is 2.91. The molecule has 1 amide bonds. The Morgan fingerprint density at radius 3 is 2.20 bits per heavy atom. The molecule has 0 bridgehead atoms. The van der Waals surface area contributed by atoms with Crippen molar-refractivity contribution >= 4 is 17.3 Å². The molecule has 120 valence electrons. The zero-order valence-electron chi connectivity index (χ0n) is 13.8. The topological polar surface area (TPSA) is 44.1 Å². The number of fused-ring (bicyclic) bond motifs is 1. The number of hydrogen-bond acceptors (Lipinski definition) is 2. The molecule has 25 heavy (non-hydrogen) atoms. The van der Waals surface area contributed by atoms with Crippen molar-refractivity contribution in [2.75, 3.05) is 4.90 Å². The molecule has 3 heteroatoms. The van der Waals surface area contributed by atoms with Gasteiger partial charge in [0.2, 0.25) is 5.91 Å². The van der Waals surface area contributed by atoms with Gasteiger partial charge in [-0.2, -0.15) is 5.26 Å². The fourth-order valence-corrected chi connectivity index (χ4v) is 3.53. The third-order valence-electron chi connectivity index (χ3n) is 4.92. The van der Waals surface area contributed by atoms with Crippen molar-refractivity contribution < 1.29 is 4.79 Å². The van der Waals surface area contributed by atoms with Gasteiger partial charge >= 0.3 is 0 Å². The Morgan fingerprint density at radius 1 is 0.880 bits per heavy atom. The lowest BCUT2D eigenvalue weighted by atomic mass is 9.77. The van der Waals surface area contributed by atoms with Crippen LogP contribution in [0, 0.1) is 11.3 Å². The van der Waals surface area contributed by atoms with Gasteiger partial charge in [0.1, 0.15) is 0 Å². The second-order valence-corrected chi connectivity index (χ2v) is 6.31. The minimum absolute atomic E-state index is 0.0182. The van der Waals surface area contributed by atoms with Gasteiger partial charge in [-0.3, -0.25) is 9.69 Å². The number of nitrogens with zero attached hydrogens (tertiary/aromatic N) is 2. The van der Waals surface area contributed by atoms with Crippen LogP contribution in [0.4, 0.5) is 11.4 Å². The van der Waals surface area contributed by atoms with Crippen molar-refractivity contribution in [3.63, 3.8) is 0 Å². The molecule has 3 nitrogen and oxygen atoms in total. The van der Waals surface area contributed by atoms with Crippen LogP contribution in [-0.4, -0.2) is 5.91 Å². The van der Waals surface area contributed by atoms with E-state index in [2.05, 4.69) is 6.07 Å². The lowest BCUT2D eigenvalue weighted by molar-refractivity contribution is -0.120. The predicted octanol–water partition coefficient (Wildman–Crippen LogP) is 4.54. The van der Waals surface area contributed by atoms with Crippen LogP contribution < -0.4 is 4.90 Å². The van der Waals surface area contributed by atoms with Gasteiger partial charge in [-0.05, 0) is 48.4 Å². The van der Waals surface area contributed by atoms with Gasteiger partial charge in [0, 0.05) is 5.69 Å². The molecule has 3 aromatic rings. The Balaban J connectivity index is 1.92. The molecule has 0 spiro atoms. The van der Waals surface area contributed by atoms with E-state index < -0.39 is 5.41 Å². The summed E-state index contributed by atoms with van der Waals surface area (Å²) in [5, 5.41) is 9.03. The minimum Gasteiger partial charge on any atom is -0.280 e. The molecule has 0 fully saturated rings. The molecule has 4 rings (SSSR count). The maximum Gasteiger partial charge on any atom is 0.246 e. The minimum atomic E-state index is -0.777. The number of benzene rings is 3. The van der Waals surface area contributed by atoms with Crippen molar-refractivity contribution in [2.24, 2.45) is 0 Å². The van der Waals surface area contributed by atoms with Crippen LogP contribution >= 0.6 is 0 Å². The van der Waals surface area contributed by atoms with E-state index in [1.807, 2.05) is 73.7 Å². The molecule has 1 heterocycles. The first-order valence-corrected chi connectivity index (χ1v) is 8.16.